The van der Waals surface area contributed by atoms with Gasteiger partial charge in [-0.05, 0) is 42.7 Å². The van der Waals surface area contributed by atoms with Crippen LogP contribution < -0.4 is 5.56 Å². The molecular formula is C26H35N3O2. The van der Waals surface area contributed by atoms with Crippen LogP contribution in [0.4, 0.5) is 0 Å². The standard InChI is InChI=1S/C26H33N3O2.H2/c1-5-21-23-25(31)28(4)14-15-29(23)22(27-24(21)30)17-26(6-2,7-3)20-13-9-12-19(16-20)18-10-8-11-18;/h5,9,12-13,16,18H,1,6-8,10-11,14-15,17H2,2-4H3;1H. The molecule has 5 heteroatoms. The molecule has 2 aliphatic rings. The molecule has 0 unspecified atom stereocenters. The first-order valence-corrected chi connectivity index (χ1v) is 11.6. The second-order valence-electron chi connectivity index (χ2n) is 9.10. The van der Waals surface area contributed by atoms with Crippen molar-refractivity contribution in [1.29, 1.82) is 0 Å². The number of rotatable bonds is 7. The van der Waals surface area contributed by atoms with Crippen molar-refractivity contribution in [2.75, 3.05) is 13.6 Å². The van der Waals surface area contributed by atoms with Crippen molar-refractivity contribution in [2.45, 2.75) is 70.3 Å². The number of carbonyl (C=O) groups is 1. The lowest BCUT2D eigenvalue weighted by Gasteiger charge is -2.36. The molecular weight excluding hydrogens is 386 g/mol. The Morgan fingerprint density at radius 3 is 2.58 bits per heavy atom. The highest BCUT2D eigenvalue weighted by Gasteiger charge is 2.34. The molecule has 1 amide bonds. The first-order chi connectivity index (χ1) is 14.9. The van der Waals surface area contributed by atoms with Gasteiger partial charge in [-0.2, -0.15) is 4.98 Å². The van der Waals surface area contributed by atoms with E-state index in [0.717, 1.165) is 12.8 Å². The van der Waals surface area contributed by atoms with Crippen LogP contribution in [0.1, 0.15) is 86.3 Å². The van der Waals surface area contributed by atoms with Gasteiger partial charge in [0.05, 0.1) is 5.56 Å². The van der Waals surface area contributed by atoms with Crippen molar-refractivity contribution in [3.63, 3.8) is 0 Å². The van der Waals surface area contributed by atoms with Gasteiger partial charge < -0.3 is 9.47 Å². The third-order valence-corrected chi connectivity index (χ3v) is 7.64. The number of benzene rings is 1. The van der Waals surface area contributed by atoms with E-state index in [9.17, 15) is 9.59 Å². The van der Waals surface area contributed by atoms with Crippen molar-refractivity contribution in [3.8, 4) is 0 Å². The monoisotopic (exact) mass is 421 g/mol. The largest absolute Gasteiger partial charge is 0.339 e. The summed E-state index contributed by atoms with van der Waals surface area (Å²) in [6.07, 6.45) is 7.87. The maximum Gasteiger partial charge on any atom is 0.280 e. The molecule has 0 radical (unpaired) electrons. The third-order valence-electron chi connectivity index (χ3n) is 7.64. The van der Waals surface area contributed by atoms with E-state index in [2.05, 4.69) is 49.7 Å². The number of likely N-dealkylation sites (N-methyl/N-ethyl adjacent to an activating group) is 1. The van der Waals surface area contributed by atoms with Gasteiger partial charge in [-0.25, -0.2) is 0 Å². The summed E-state index contributed by atoms with van der Waals surface area (Å²) in [7, 11) is 1.78. The Labute approximate surface area is 186 Å². The summed E-state index contributed by atoms with van der Waals surface area (Å²) in [5, 5.41) is 0. The molecule has 1 aliphatic heterocycles. The van der Waals surface area contributed by atoms with Gasteiger partial charge in [0.2, 0.25) is 0 Å². The molecule has 4 rings (SSSR count). The van der Waals surface area contributed by atoms with Gasteiger partial charge in [0.15, 0.2) is 0 Å². The molecule has 2 heterocycles. The SMILES string of the molecule is C=Cc1c2n(c(CC(CC)(CC)c3cccc(C4CCC4)c3)nc1=O)CCN(C)C2=O.[HH]. The van der Waals surface area contributed by atoms with Crippen LogP contribution >= 0.6 is 0 Å². The van der Waals surface area contributed by atoms with E-state index in [0.29, 0.717) is 42.5 Å². The number of hydrogen-bond donors (Lipinski definition) is 0. The highest BCUT2D eigenvalue weighted by molar-refractivity contribution is 5.96. The van der Waals surface area contributed by atoms with Gasteiger partial charge in [-0.3, -0.25) is 9.59 Å². The van der Waals surface area contributed by atoms with Crippen LogP contribution in [0.25, 0.3) is 6.08 Å². The minimum atomic E-state index is -0.357. The molecule has 1 fully saturated rings. The predicted molar refractivity (Wildman–Crippen MR) is 127 cm³/mol. The van der Waals surface area contributed by atoms with Crippen molar-refractivity contribution in [2.24, 2.45) is 0 Å². The second-order valence-corrected chi connectivity index (χ2v) is 9.10. The van der Waals surface area contributed by atoms with E-state index < -0.39 is 0 Å². The van der Waals surface area contributed by atoms with Crippen LogP contribution in [0, 0.1) is 0 Å². The first kappa shape index (κ1) is 21.5. The summed E-state index contributed by atoms with van der Waals surface area (Å²) in [4.78, 5) is 31.9. The number of carbonyl (C=O) groups excluding carboxylic acids is 1. The van der Waals surface area contributed by atoms with E-state index in [-0.39, 0.29) is 18.3 Å². The summed E-state index contributed by atoms with van der Waals surface area (Å²) in [6.45, 7) is 9.45. The number of nitrogens with zero attached hydrogens (tertiary/aromatic N) is 3. The van der Waals surface area contributed by atoms with Crippen LogP contribution in [0.2, 0.25) is 0 Å². The molecule has 1 aromatic carbocycles. The lowest BCUT2D eigenvalue weighted by atomic mass is 9.71. The van der Waals surface area contributed by atoms with Crippen molar-refractivity contribution in [1.82, 2.24) is 14.5 Å². The zero-order valence-electron chi connectivity index (χ0n) is 19.0. The van der Waals surface area contributed by atoms with Crippen LogP contribution in [0.15, 0.2) is 35.6 Å². The Hall–Kier alpha value is -2.69. The van der Waals surface area contributed by atoms with Crippen LogP contribution in [0.3, 0.4) is 0 Å². The highest BCUT2D eigenvalue weighted by Crippen LogP contribution is 2.40. The molecule has 1 saturated carbocycles. The summed E-state index contributed by atoms with van der Waals surface area (Å²) < 4.78 is 1.97. The molecule has 1 aliphatic carbocycles. The quantitative estimate of drug-likeness (QED) is 0.646. The molecule has 0 saturated heterocycles. The van der Waals surface area contributed by atoms with E-state index in [1.807, 2.05) is 4.57 Å². The summed E-state index contributed by atoms with van der Waals surface area (Å²) >= 11 is 0. The number of amides is 1. The maximum absolute atomic E-state index is 12.9. The van der Waals surface area contributed by atoms with Gasteiger partial charge in [-0.15, -0.1) is 0 Å². The molecule has 0 spiro atoms. The van der Waals surface area contributed by atoms with E-state index in [1.54, 1.807) is 11.9 Å². The van der Waals surface area contributed by atoms with E-state index in [4.69, 9.17) is 0 Å². The molecule has 0 bridgehead atoms. The minimum absolute atomic E-state index is 0. The van der Waals surface area contributed by atoms with Gasteiger partial charge in [0, 0.05) is 33.4 Å². The lowest BCUT2D eigenvalue weighted by Crippen LogP contribution is -2.43. The van der Waals surface area contributed by atoms with Gasteiger partial charge in [0.25, 0.3) is 11.5 Å². The maximum atomic E-state index is 12.9. The lowest BCUT2D eigenvalue weighted by molar-refractivity contribution is 0.0742. The summed E-state index contributed by atoms with van der Waals surface area (Å²) in [6, 6.07) is 9.03. The number of hydrogen-bond acceptors (Lipinski definition) is 3. The smallest absolute Gasteiger partial charge is 0.280 e. The molecule has 0 N–H and O–H groups in total. The molecule has 31 heavy (non-hydrogen) atoms. The van der Waals surface area contributed by atoms with Crippen molar-refractivity contribution in [3.05, 3.63) is 69.4 Å². The van der Waals surface area contributed by atoms with Crippen molar-refractivity contribution < 1.29 is 6.22 Å². The topological polar surface area (TPSA) is 55.2 Å². The summed E-state index contributed by atoms with van der Waals surface area (Å²) in [5.74, 6) is 1.26. The fourth-order valence-electron chi connectivity index (χ4n) is 5.11. The minimum Gasteiger partial charge on any atom is -0.339 e. The molecule has 1 aromatic heterocycles. The van der Waals surface area contributed by atoms with Gasteiger partial charge in [-0.1, -0.05) is 57.2 Å². The Morgan fingerprint density at radius 2 is 1.97 bits per heavy atom. The predicted octanol–water partition coefficient (Wildman–Crippen LogP) is 4.79. The molecule has 2 aromatic rings. The Kier molecular flexibility index (Phi) is 5.87. The number of fused-ring (bicyclic) bond motifs is 1. The van der Waals surface area contributed by atoms with E-state index in [1.165, 1.54) is 36.5 Å². The molecule has 0 atom stereocenters. The Morgan fingerprint density at radius 1 is 1.23 bits per heavy atom. The first-order valence-electron chi connectivity index (χ1n) is 11.6. The molecule has 166 valence electrons. The number of aromatic nitrogens is 2. The van der Waals surface area contributed by atoms with Crippen LogP contribution in [-0.4, -0.2) is 34.0 Å². The second kappa shape index (κ2) is 8.45. The average molecular weight is 422 g/mol. The van der Waals surface area contributed by atoms with Gasteiger partial charge in [0.1, 0.15) is 11.5 Å². The average Bonchev–Trinajstić information content (AvgIpc) is 2.74. The Balaban J connectivity index is 0.00000289. The summed E-state index contributed by atoms with van der Waals surface area (Å²) in [5.41, 5.74) is 3.01. The fraction of sp³-hybridized carbons (Fsp3) is 0.500. The van der Waals surface area contributed by atoms with E-state index >= 15 is 0 Å². The van der Waals surface area contributed by atoms with Gasteiger partial charge >= 0.3 is 0 Å². The van der Waals surface area contributed by atoms with Crippen LogP contribution in [0.5, 0.6) is 0 Å². The highest BCUT2D eigenvalue weighted by atomic mass is 16.2. The van der Waals surface area contributed by atoms with Crippen LogP contribution in [-0.2, 0) is 18.4 Å². The normalized spacial score (nSPS) is 16.7. The van der Waals surface area contributed by atoms with Crippen molar-refractivity contribution >= 4 is 12.0 Å². The third kappa shape index (κ3) is 3.64. The fourth-order valence-corrected chi connectivity index (χ4v) is 5.11. The Bertz CT molecular complexity index is 1070. The molecule has 5 nitrogen and oxygen atoms in total. The zero-order chi connectivity index (χ0) is 22.2. The zero-order valence-corrected chi connectivity index (χ0v) is 19.0.